The molecule has 0 bridgehead atoms. The quantitative estimate of drug-likeness (QED) is 0.820. The van der Waals surface area contributed by atoms with Crippen LogP contribution in [-0.4, -0.2) is 9.55 Å². The maximum Gasteiger partial charge on any atom is 0.112 e. The number of hydrogen-bond acceptors (Lipinski definition) is 2. The van der Waals surface area contributed by atoms with Gasteiger partial charge >= 0.3 is 0 Å². The van der Waals surface area contributed by atoms with Crippen LogP contribution in [0.15, 0.2) is 18.2 Å². The molecule has 1 fully saturated rings. The molecule has 3 heteroatoms. The van der Waals surface area contributed by atoms with E-state index in [4.69, 9.17) is 0 Å². The Bertz CT molecular complexity index is 669. The summed E-state index contributed by atoms with van der Waals surface area (Å²) in [5.41, 5.74) is 3.09. The second kappa shape index (κ2) is 4.09. The molecule has 0 N–H and O–H groups in total. The molecule has 19 heavy (non-hydrogen) atoms. The minimum Gasteiger partial charge on any atom is -0.331 e. The molecule has 1 aliphatic rings. The molecule has 0 atom stereocenters. The van der Waals surface area contributed by atoms with Crippen molar-refractivity contribution in [1.29, 1.82) is 5.26 Å². The van der Waals surface area contributed by atoms with E-state index in [1.54, 1.807) is 0 Å². The van der Waals surface area contributed by atoms with Crippen LogP contribution in [0, 0.1) is 11.3 Å². The zero-order valence-electron chi connectivity index (χ0n) is 11.8. The number of fused-ring (bicyclic) bond motifs is 1. The molecule has 1 aromatic carbocycles. The van der Waals surface area contributed by atoms with Gasteiger partial charge in [0, 0.05) is 13.0 Å². The predicted molar refractivity (Wildman–Crippen MR) is 75.9 cm³/mol. The largest absolute Gasteiger partial charge is 0.331 e. The summed E-state index contributed by atoms with van der Waals surface area (Å²) in [6.07, 6.45) is 3.14. The van der Waals surface area contributed by atoms with E-state index in [0.717, 1.165) is 41.7 Å². The minimum atomic E-state index is -0.240. The molecule has 3 nitrogen and oxygen atoms in total. The standard InChI is InChI=1S/C16H19N3/c1-11(2)15-18-13-6-5-12(9-14(13)19(15)3)16(10-17)7-4-8-16/h5-6,9,11H,4,7-8H2,1-3H3. The lowest BCUT2D eigenvalue weighted by molar-refractivity contribution is 0.324. The van der Waals surface area contributed by atoms with Gasteiger partial charge in [-0.3, -0.25) is 0 Å². The number of nitriles is 1. The van der Waals surface area contributed by atoms with Crippen LogP contribution in [0.5, 0.6) is 0 Å². The molecule has 3 rings (SSSR count). The van der Waals surface area contributed by atoms with Crippen molar-refractivity contribution in [2.75, 3.05) is 0 Å². The van der Waals surface area contributed by atoms with E-state index in [1.807, 2.05) is 0 Å². The number of rotatable bonds is 2. The third-order valence-corrected chi connectivity index (χ3v) is 4.41. The average molecular weight is 253 g/mol. The first-order valence-electron chi connectivity index (χ1n) is 6.95. The smallest absolute Gasteiger partial charge is 0.112 e. The molecular weight excluding hydrogens is 234 g/mol. The van der Waals surface area contributed by atoms with Gasteiger partial charge in [0.15, 0.2) is 0 Å². The number of imidazole rings is 1. The zero-order chi connectivity index (χ0) is 13.6. The SMILES string of the molecule is CC(C)c1nc2ccc(C3(C#N)CCC3)cc2n1C. The molecule has 98 valence electrons. The van der Waals surface area contributed by atoms with E-state index in [-0.39, 0.29) is 5.41 Å². The first-order valence-corrected chi connectivity index (χ1v) is 6.95. The minimum absolute atomic E-state index is 0.240. The first kappa shape index (κ1) is 12.2. The van der Waals surface area contributed by atoms with Crippen LogP contribution in [0.25, 0.3) is 11.0 Å². The third kappa shape index (κ3) is 1.67. The summed E-state index contributed by atoms with van der Waals surface area (Å²) in [7, 11) is 2.06. The van der Waals surface area contributed by atoms with Gasteiger partial charge in [0.05, 0.1) is 22.5 Å². The number of aryl methyl sites for hydroxylation is 1. The van der Waals surface area contributed by atoms with Gasteiger partial charge in [0.1, 0.15) is 5.82 Å². The van der Waals surface area contributed by atoms with E-state index in [2.05, 4.69) is 54.7 Å². The van der Waals surface area contributed by atoms with Crippen LogP contribution in [-0.2, 0) is 12.5 Å². The van der Waals surface area contributed by atoms with Gasteiger partial charge in [-0.05, 0) is 37.0 Å². The van der Waals surface area contributed by atoms with E-state index in [1.165, 1.54) is 0 Å². The molecule has 1 heterocycles. The highest BCUT2D eigenvalue weighted by Crippen LogP contribution is 2.43. The number of aromatic nitrogens is 2. The van der Waals surface area contributed by atoms with Crippen LogP contribution >= 0.6 is 0 Å². The highest BCUT2D eigenvalue weighted by atomic mass is 15.1. The number of hydrogen-bond donors (Lipinski definition) is 0. The monoisotopic (exact) mass is 253 g/mol. The van der Waals surface area contributed by atoms with Crippen molar-refractivity contribution >= 4 is 11.0 Å². The lowest BCUT2D eigenvalue weighted by Gasteiger charge is -2.35. The van der Waals surface area contributed by atoms with Gasteiger partial charge in [-0.25, -0.2) is 4.98 Å². The summed E-state index contributed by atoms with van der Waals surface area (Å²) in [5, 5.41) is 9.45. The molecule has 1 saturated carbocycles. The maximum absolute atomic E-state index is 9.45. The molecule has 0 spiro atoms. The highest BCUT2D eigenvalue weighted by Gasteiger charge is 2.39. The molecule has 1 aromatic heterocycles. The van der Waals surface area contributed by atoms with Gasteiger partial charge in [-0.1, -0.05) is 19.9 Å². The molecule has 0 aliphatic heterocycles. The normalized spacial score (nSPS) is 17.4. The van der Waals surface area contributed by atoms with Crippen LogP contribution in [0.4, 0.5) is 0 Å². The summed E-state index contributed by atoms with van der Waals surface area (Å²) in [6, 6.07) is 8.83. The van der Waals surface area contributed by atoms with Crippen molar-refractivity contribution in [2.24, 2.45) is 7.05 Å². The molecular formula is C16H19N3. The van der Waals surface area contributed by atoms with Crippen molar-refractivity contribution in [3.8, 4) is 6.07 Å². The Kier molecular flexibility index (Phi) is 2.63. The lowest BCUT2D eigenvalue weighted by Crippen LogP contribution is -2.32. The van der Waals surface area contributed by atoms with E-state index in [9.17, 15) is 5.26 Å². The Hall–Kier alpha value is -1.82. The van der Waals surface area contributed by atoms with Gasteiger partial charge in [0.2, 0.25) is 0 Å². The van der Waals surface area contributed by atoms with Crippen LogP contribution in [0.3, 0.4) is 0 Å². The van der Waals surface area contributed by atoms with Crippen molar-refractivity contribution in [3.05, 3.63) is 29.6 Å². The summed E-state index contributed by atoms with van der Waals surface area (Å²) in [4.78, 5) is 4.68. The number of nitrogens with zero attached hydrogens (tertiary/aromatic N) is 3. The Balaban J connectivity index is 2.16. The molecule has 0 radical (unpaired) electrons. The van der Waals surface area contributed by atoms with Crippen molar-refractivity contribution < 1.29 is 0 Å². The first-order chi connectivity index (χ1) is 9.07. The summed E-state index contributed by atoms with van der Waals surface area (Å²) < 4.78 is 2.16. The predicted octanol–water partition coefficient (Wildman–Crippen LogP) is 3.64. The molecule has 0 unspecified atom stereocenters. The number of benzene rings is 1. The van der Waals surface area contributed by atoms with Crippen molar-refractivity contribution in [3.63, 3.8) is 0 Å². The molecule has 0 saturated heterocycles. The van der Waals surface area contributed by atoms with E-state index < -0.39 is 0 Å². The Morgan fingerprint density at radius 2 is 2.11 bits per heavy atom. The van der Waals surface area contributed by atoms with Gasteiger partial charge < -0.3 is 4.57 Å². The second-order valence-corrected chi connectivity index (χ2v) is 5.93. The Morgan fingerprint density at radius 3 is 2.63 bits per heavy atom. The zero-order valence-corrected chi connectivity index (χ0v) is 11.8. The van der Waals surface area contributed by atoms with Crippen LogP contribution < -0.4 is 0 Å². The lowest BCUT2D eigenvalue weighted by atomic mass is 9.65. The molecule has 0 amide bonds. The fraction of sp³-hybridized carbons (Fsp3) is 0.500. The average Bonchev–Trinajstić information content (AvgIpc) is 2.67. The van der Waals surface area contributed by atoms with Crippen molar-refractivity contribution in [1.82, 2.24) is 9.55 Å². The fourth-order valence-electron chi connectivity index (χ4n) is 3.02. The third-order valence-electron chi connectivity index (χ3n) is 4.41. The second-order valence-electron chi connectivity index (χ2n) is 5.93. The highest BCUT2D eigenvalue weighted by molar-refractivity contribution is 5.77. The van der Waals surface area contributed by atoms with E-state index >= 15 is 0 Å². The summed E-state index contributed by atoms with van der Waals surface area (Å²) in [5.74, 6) is 1.52. The summed E-state index contributed by atoms with van der Waals surface area (Å²) in [6.45, 7) is 4.32. The van der Waals surface area contributed by atoms with E-state index in [0.29, 0.717) is 5.92 Å². The van der Waals surface area contributed by atoms with Gasteiger partial charge in [-0.15, -0.1) is 0 Å². The summed E-state index contributed by atoms with van der Waals surface area (Å²) >= 11 is 0. The Labute approximate surface area is 113 Å². The van der Waals surface area contributed by atoms with Crippen LogP contribution in [0.2, 0.25) is 0 Å². The van der Waals surface area contributed by atoms with Crippen molar-refractivity contribution in [2.45, 2.75) is 44.4 Å². The van der Waals surface area contributed by atoms with Gasteiger partial charge in [-0.2, -0.15) is 5.26 Å². The maximum atomic E-state index is 9.45. The fourth-order valence-corrected chi connectivity index (χ4v) is 3.02. The van der Waals surface area contributed by atoms with Crippen LogP contribution in [0.1, 0.15) is 50.4 Å². The van der Waals surface area contributed by atoms with Gasteiger partial charge in [0.25, 0.3) is 0 Å². The molecule has 2 aromatic rings. The molecule has 1 aliphatic carbocycles. The Morgan fingerprint density at radius 1 is 1.37 bits per heavy atom. The topological polar surface area (TPSA) is 41.6 Å².